The maximum absolute atomic E-state index is 12.3. The molecule has 0 aromatic heterocycles. The Morgan fingerprint density at radius 2 is 2.09 bits per heavy atom. The summed E-state index contributed by atoms with van der Waals surface area (Å²) >= 11 is 0. The molecular weight excluding hydrogens is 286 g/mol. The van der Waals surface area contributed by atoms with Gasteiger partial charge in [0.2, 0.25) is 5.91 Å². The van der Waals surface area contributed by atoms with Crippen LogP contribution in [0, 0.1) is 0 Å². The van der Waals surface area contributed by atoms with Crippen molar-refractivity contribution < 1.29 is 19.1 Å². The molecule has 7 nitrogen and oxygen atoms in total. The summed E-state index contributed by atoms with van der Waals surface area (Å²) < 4.78 is 10.7. The van der Waals surface area contributed by atoms with Crippen LogP contribution in [0.3, 0.4) is 0 Å². The van der Waals surface area contributed by atoms with Gasteiger partial charge in [-0.2, -0.15) is 0 Å². The minimum atomic E-state index is -0.523. The van der Waals surface area contributed by atoms with Gasteiger partial charge in [0.15, 0.2) is 0 Å². The molecule has 4 N–H and O–H groups in total. The van der Waals surface area contributed by atoms with E-state index < -0.39 is 6.10 Å². The third-order valence-corrected chi connectivity index (χ3v) is 3.46. The van der Waals surface area contributed by atoms with Crippen LogP contribution in [-0.2, 0) is 14.3 Å². The first-order chi connectivity index (χ1) is 10.5. The van der Waals surface area contributed by atoms with Crippen LogP contribution in [0.1, 0.15) is 19.8 Å². The molecule has 2 atom stereocenters. The van der Waals surface area contributed by atoms with Crippen molar-refractivity contribution in [2.24, 2.45) is 5.73 Å². The van der Waals surface area contributed by atoms with Gasteiger partial charge in [-0.15, -0.1) is 0 Å². The van der Waals surface area contributed by atoms with Crippen LogP contribution in [0.25, 0.3) is 0 Å². The smallest absolute Gasteiger partial charge is 0.253 e. The highest BCUT2D eigenvalue weighted by Crippen LogP contribution is 2.28. The fraction of sp³-hybridized carbons (Fsp3) is 0.467. The fourth-order valence-electron chi connectivity index (χ4n) is 2.34. The summed E-state index contributed by atoms with van der Waals surface area (Å²) in [6.07, 6.45) is 0.805. The van der Waals surface area contributed by atoms with Gasteiger partial charge >= 0.3 is 0 Å². The molecule has 0 saturated carbocycles. The number of benzene rings is 1. The molecule has 1 fully saturated rings. The maximum Gasteiger partial charge on any atom is 0.253 e. The number of amides is 2. The number of rotatable bonds is 5. The maximum atomic E-state index is 12.3. The van der Waals surface area contributed by atoms with Crippen LogP contribution < -0.4 is 21.1 Å². The lowest BCUT2D eigenvalue weighted by atomic mass is 10.1. The van der Waals surface area contributed by atoms with Gasteiger partial charge in [0, 0.05) is 19.5 Å². The minimum Gasteiger partial charge on any atom is -0.497 e. The highest BCUT2D eigenvalue weighted by Gasteiger charge is 2.30. The second kappa shape index (κ2) is 7.24. The lowest BCUT2D eigenvalue weighted by molar-refractivity contribution is -0.126. The average Bonchev–Trinajstić information content (AvgIpc) is 2.97. The number of carbonyl (C=O) groups excluding carboxylic acids is 2. The highest BCUT2D eigenvalue weighted by atomic mass is 16.5. The van der Waals surface area contributed by atoms with E-state index in [1.807, 2.05) is 0 Å². The second-order valence-corrected chi connectivity index (χ2v) is 5.14. The molecule has 0 aliphatic carbocycles. The monoisotopic (exact) mass is 307 g/mol. The van der Waals surface area contributed by atoms with Gasteiger partial charge in [0.05, 0.1) is 24.6 Å². The van der Waals surface area contributed by atoms with E-state index in [1.165, 1.54) is 14.0 Å². The van der Waals surface area contributed by atoms with Crippen LogP contribution in [0.2, 0.25) is 0 Å². The predicted octanol–water partition coefficient (Wildman–Crippen LogP) is 1.10. The summed E-state index contributed by atoms with van der Waals surface area (Å²) in [4.78, 5) is 23.5. The molecule has 0 bridgehead atoms. The number of ether oxygens (including phenoxy) is 2. The van der Waals surface area contributed by atoms with Gasteiger partial charge in [0.25, 0.3) is 5.91 Å². The molecule has 1 aromatic rings. The number of hydrogen-bond donors (Lipinski definition) is 3. The summed E-state index contributed by atoms with van der Waals surface area (Å²) in [5.74, 6) is 0.105. The normalized spacial score (nSPS) is 20.5. The van der Waals surface area contributed by atoms with Crippen LogP contribution in [0.4, 0.5) is 11.4 Å². The van der Waals surface area contributed by atoms with E-state index in [0.717, 1.165) is 6.42 Å². The van der Waals surface area contributed by atoms with E-state index in [2.05, 4.69) is 10.6 Å². The summed E-state index contributed by atoms with van der Waals surface area (Å²) in [6, 6.07) is 5.03. The first-order valence-electron chi connectivity index (χ1n) is 7.15. The summed E-state index contributed by atoms with van der Waals surface area (Å²) in [6.45, 7) is 1.81. The van der Waals surface area contributed by atoms with Crippen molar-refractivity contribution in [3.63, 3.8) is 0 Å². The van der Waals surface area contributed by atoms with E-state index in [9.17, 15) is 9.59 Å². The Hall–Kier alpha value is -2.12. The number of hydrogen-bond acceptors (Lipinski definition) is 5. The summed E-state index contributed by atoms with van der Waals surface area (Å²) in [7, 11) is 1.53. The SMILES string of the molecule is COc1ccc(NC(C)=O)c(NC(=O)[C@@H]2CC[C@H](CN)O2)c1. The molecule has 2 amide bonds. The summed E-state index contributed by atoms with van der Waals surface area (Å²) in [5.41, 5.74) is 6.53. The van der Waals surface area contributed by atoms with Crippen molar-refractivity contribution in [2.45, 2.75) is 32.0 Å². The summed E-state index contributed by atoms with van der Waals surface area (Å²) in [5, 5.41) is 5.45. The van der Waals surface area contributed by atoms with E-state index >= 15 is 0 Å². The van der Waals surface area contributed by atoms with Gasteiger partial charge in [-0.05, 0) is 25.0 Å². The Balaban J connectivity index is 2.12. The predicted molar refractivity (Wildman–Crippen MR) is 82.9 cm³/mol. The van der Waals surface area contributed by atoms with Crippen molar-refractivity contribution >= 4 is 23.2 Å². The van der Waals surface area contributed by atoms with E-state index in [1.54, 1.807) is 18.2 Å². The first-order valence-corrected chi connectivity index (χ1v) is 7.15. The van der Waals surface area contributed by atoms with Crippen LogP contribution >= 0.6 is 0 Å². The molecule has 1 aliphatic heterocycles. The Bertz CT molecular complexity index is 562. The number of methoxy groups -OCH3 is 1. The molecular formula is C15H21N3O4. The Labute approximate surface area is 129 Å². The Morgan fingerprint density at radius 3 is 2.68 bits per heavy atom. The quantitative estimate of drug-likeness (QED) is 0.756. The highest BCUT2D eigenvalue weighted by molar-refractivity contribution is 6.00. The van der Waals surface area contributed by atoms with Crippen LogP contribution in [0.5, 0.6) is 5.75 Å². The average molecular weight is 307 g/mol. The first kappa shape index (κ1) is 16.3. The number of carbonyl (C=O) groups is 2. The third kappa shape index (κ3) is 3.96. The van der Waals surface area contributed by atoms with Gasteiger partial charge < -0.3 is 25.8 Å². The molecule has 0 radical (unpaired) electrons. The second-order valence-electron chi connectivity index (χ2n) is 5.14. The van der Waals surface area contributed by atoms with Crippen molar-refractivity contribution in [1.29, 1.82) is 0 Å². The van der Waals surface area contributed by atoms with Gasteiger partial charge in [-0.25, -0.2) is 0 Å². The van der Waals surface area contributed by atoms with Gasteiger partial charge in [-0.3, -0.25) is 9.59 Å². The van der Waals surface area contributed by atoms with E-state index in [4.69, 9.17) is 15.2 Å². The Kier molecular flexibility index (Phi) is 5.35. The van der Waals surface area contributed by atoms with E-state index in [0.29, 0.717) is 30.1 Å². The zero-order chi connectivity index (χ0) is 16.1. The van der Waals surface area contributed by atoms with Crippen molar-refractivity contribution in [3.8, 4) is 5.75 Å². The molecule has 1 aromatic carbocycles. The molecule has 1 aliphatic rings. The molecule has 7 heteroatoms. The standard InChI is InChI=1S/C15H21N3O4/c1-9(19)17-12-5-3-10(21-2)7-13(12)18-15(20)14-6-4-11(8-16)22-14/h3,5,7,11,14H,4,6,8,16H2,1-2H3,(H,17,19)(H,18,20)/t11-,14+/m1/s1. The topological polar surface area (TPSA) is 103 Å². The van der Waals surface area contributed by atoms with Crippen molar-refractivity contribution in [2.75, 3.05) is 24.3 Å². The van der Waals surface area contributed by atoms with Crippen molar-refractivity contribution in [1.82, 2.24) is 0 Å². The molecule has 0 unspecified atom stereocenters. The number of anilines is 2. The van der Waals surface area contributed by atoms with Gasteiger partial charge in [0.1, 0.15) is 11.9 Å². The third-order valence-electron chi connectivity index (χ3n) is 3.46. The van der Waals surface area contributed by atoms with Crippen LogP contribution in [0.15, 0.2) is 18.2 Å². The van der Waals surface area contributed by atoms with Crippen LogP contribution in [-0.4, -0.2) is 37.7 Å². The Morgan fingerprint density at radius 1 is 1.32 bits per heavy atom. The van der Waals surface area contributed by atoms with Crippen molar-refractivity contribution in [3.05, 3.63) is 18.2 Å². The zero-order valence-electron chi connectivity index (χ0n) is 12.7. The molecule has 0 spiro atoms. The molecule has 2 rings (SSSR count). The van der Waals surface area contributed by atoms with Gasteiger partial charge in [-0.1, -0.05) is 0 Å². The minimum absolute atomic E-state index is 0.0733. The number of nitrogens with one attached hydrogen (secondary N) is 2. The fourth-order valence-corrected chi connectivity index (χ4v) is 2.34. The zero-order valence-corrected chi connectivity index (χ0v) is 12.7. The van der Waals surface area contributed by atoms with E-state index in [-0.39, 0.29) is 17.9 Å². The molecule has 1 heterocycles. The lowest BCUT2D eigenvalue weighted by Gasteiger charge is -2.16. The molecule has 1 saturated heterocycles. The number of nitrogens with two attached hydrogens (primary N) is 1. The molecule has 22 heavy (non-hydrogen) atoms. The lowest BCUT2D eigenvalue weighted by Crippen LogP contribution is -2.30. The largest absolute Gasteiger partial charge is 0.497 e. The molecule has 120 valence electrons.